The number of nitrogens with zero attached hydrogens (tertiary/aromatic N) is 1. The second kappa shape index (κ2) is 6.62. The molecular weight excluding hydrogens is 299 g/mol. The van der Waals surface area contributed by atoms with Crippen molar-refractivity contribution < 1.29 is 0 Å². The van der Waals surface area contributed by atoms with Crippen LogP contribution in [0, 0.1) is 0 Å². The van der Waals surface area contributed by atoms with Gasteiger partial charge in [0.2, 0.25) is 0 Å². The number of thiophene rings is 1. The lowest BCUT2D eigenvalue weighted by Gasteiger charge is -2.19. The molecule has 0 aliphatic carbocycles. The van der Waals surface area contributed by atoms with Crippen LogP contribution in [0.1, 0.15) is 10.4 Å². The van der Waals surface area contributed by atoms with Crippen LogP contribution < -0.4 is 10.6 Å². The molecule has 19 heavy (non-hydrogen) atoms. The van der Waals surface area contributed by atoms with E-state index in [1.165, 1.54) is 4.88 Å². The van der Waals surface area contributed by atoms with Gasteiger partial charge in [0, 0.05) is 22.6 Å². The van der Waals surface area contributed by atoms with Gasteiger partial charge >= 0.3 is 0 Å². The lowest BCUT2D eigenvalue weighted by atomic mass is 10.1. The Hall–Kier alpha value is -0.740. The van der Waals surface area contributed by atoms with Crippen LogP contribution in [-0.4, -0.2) is 13.6 Å². The summed E-state index contributed by atoms with van der Waals surface area (Å²) in [5.74, 6) is 0. The summed E-state index contributed by atoms with van der Waals surface area (Å²) in [7, 11) is 2.04. The Morgan fingerprint density at radius 1 is 1.21 bits per heavy atom. The Labute approximate surface area is 127 Å². The van der Waals surface area contributed by atoms with Crippen LogP contribution >= 0.6 is 34.5 Å². The molecule has 2 aromatic rings. The van der Waals surface area contributed by atoms with Crippen molar-refractivity contribution in [3.63, 3.8) is 0 Å². The average Bonchev–Trinajstić information content (AvgIpc) is 2.77. The Kier molecular flexibility index (Phi) is 5.11. The molecule has 1 heterocycles. The van der Waals surface area contributed by atoms with E-state index in [-0.39, 0.29) is 0 Å². The summed E-state index contributed by atoms with van der Waals surface area (Å²) in [5.41, 5.74) is 7.74. The molecule has 0 spiro atoms. The van der Waals surface area contributed by atoms with Gasteiger partial charge in [-0.25, -0.2) is 0 Å². The molecule has 0 unspecified atom stereocenters. The van der Waals surface area contributed by atoms with Gasteiger partial charge in [-0.2, -0.15) is 0 Å². The van der Waals surface area contributed by atoms with Gasteiger partial charge < -0.3 is 10.6 Å². The van der Waals surface area contributed by atoms with Gasteiger partial charge in [-0.3, -0.25) is 0 Å². The third-order valence-electron chi connectivity index (χ3n) is 2.91. The third-order valence-corrected chi connectivity index (χ3v) is 4.48. The highest BCUT2D eigenvalue weighted by Gasteiger charge is 2.07. The molecule has 2 N–H and O–H groups in total. The normalized spacial score (nSPS) is 10.7. The monoisotopic (exact) mass is 314 g/mol. The summed E-state index contributed by atoms with van der Waals surface area (Å²) in [5, 5.41) is 0.777. The van der Waals surface area contributed by atoms with Gasteiger partial charge in [-0.15, -0.1) is 11.3 Å². The van der Waals surface area contributed by atoms with Crippen LogP contribution in [0.25, 0.3) is 0 Å². The molecular formula is C14H16Cl2N2S. The maximum atomic E-state index is 6.26. The summed E-state index contributed by atoms with van der Waals surface area (Å²) < 4.78 is 0.819. The second-order valence-corrected chi connectivity index (χ2v) is 6.58. The van der Waals surface area contributed by atoms with E-state index < -0.39 is 0 Å². The fourth-order valence-corrected chi connectivity index (χ4v) is 3.30. The first kappa shape index (κ1) is 14.7. The van der Waals surface area contributed by atoms with Gasteiger partial charge in [-0.1, -0.05) is 29.3 Å². The van der Waals surface area contributed by atoms with Crippen LogP contribution in [-0.2, 0) is 13.0 Å². The predicted molar refractivity (Wildman–Crippen MR) is 85.6 cm³/mol. The molecule has 0 saturated carbocycles. The highest BCUT2D eigenvalue weighted by atomic mass is 35.5. The van der Waals surface area contributed by atoms with E-state index in [1.807, 2.05) is 31.3 Å². The molecule has 0 amide bonds. The van der Waals surface area contributed by atoms with E-state index in [1.54, 1.807) is 11.3 Å². The minimum absolute atomic E-state index is 0.614. The summed E-state index contributed by atoms with van der Waals surface area (Å²) in [6.07, 6.45) is 0.809. The minimum Gasteiger partial charge on any atom is -0.369 e. The lowest BCUT2D eigenvalue weighted by molar-refractivity contribution is 0.934. The highest BCUT2D eigenvalue weighted by molar-refractivity contribution is 7.16. The van der Waals surface area contributed by atoms with E-state index in [9.17, 15) is 0 Å². The summed E-state index contributed by atoms with van der Waals surface area (Å²) in [6.45, 7) is 1.44. The van der Waals surface area contributed by atoms with Crippen LogP contribution in [0.4, 0.5) is 5.69 Å². The van der Waals surface area contributed by atoms with Crippen molar-refractivity contribution in [1.29, 1.82) is 0 Å². The minimum atomic E-state index is 0.614. The number of nitrogens with two attached hydrogens (primary N) is 1. The molecule has 0 aliphatic rings. The first-order valence-electron chi connectivity index (χ1n) is 6.04. The molecule has 0 bridgehead atoms. The first-order valence-corrected chi connectivity index (χ1v) is 7.61. The predicted octanol–water partition coefficient (Wildman–Crippen LogP) is 4.19. The fourth-order valence-electron chi connectivity index (χ4n) is 1.89. The van der Waals surface area contributed by atoms with Crippen molar-refractivity contribution in [2.45, 2.75) is 13.0 Å². The SMILES string of the molecule is CN(Cc1ccc(Cl)s1)c1ccc(CCN)c(Cl)c1. The Bertz CT molecular complexity index is 554. The smallest absolute Gasteiger partial charge is 0.0931 e. The maximum Gasteiger partial charge on any atom is 0.0931 e. The molecule has 5 heteroatoms. The molecule has 0 radical (unpaired) electrons. The Morgan fingerprint density at radius 2 is 2.00 bits per heavy atom. The van der Waals surface area contributed by atoms with Crippen molar-refractivity contribution in [3.8, 4) is 0 Å². The van der Waals surface area contributed by atoms with Gasteiger partial charge in [0.25, 0.3) is 0 Å². The van der Waals surface area contributed by atoms with Gasteiger partial charge in [-0.05, 0) is 42.8 Å². The highest BCUT2D eigenvalue weighted by Crippen LogP contribution is 2.27. The van der Waals surface area contributed by atoms with Crippen LogP contribution in [0.2, 0.25) is 9.36 Å². The van der Waals surface area contributed by atoms with Crippen LogP contribution in [0.5, 0.6) is 0 Å². The Morgan fingerprint density at radius 3 is 2.58 bits per heavy atom. The standard InChI is InChI=1S/C14H16Cl2N2S/c1-18(9-12-4-5-14(16)19-12)11-3-2-10(6-7-17)13(15)8-11/h2-5,8H,6-7,9,17H2,1H3. The van der Waals surface area contributed by atoms with Crippen molar-refractivity contribution >= 4 is 40.2 Å². The number of rotatable bonds is 5. The summed E-state index contributed by atoms with van der Waals surface area (Å²) in [4.78, 5) is 3.38. The number of hydrogen-bond acceptors (Lipinski definition) is 3. The number of hydrogen-bond donors (Lipinski definition) is 1. The van der Waals surface area contributed by atoms with Crippen molar-refractivity contribution in [2.75, 3.05) is 18.5 Å². The number of anilines is 1. The molecule has 0 saturated heterocycles. The first-order chi connectivity index (χ1) is 9.10. The van der Waals surface area contributed by atoms with Gasteiger partial charge in [0.05, 0.1) is 10.9 Å². The van der Waals surface area contributed by atoms with E-state index >= 15 is 0 Å². The average molecular weight is 315 g/mol. The molecule has 1 aromatic carbocycles. The van der Waals surface area contributed by atoms with Crippen LogP contribution in [0.3, 0.4) is 0 Å². The topological polar surface area (TPSA) is 29.3 Å². The van der Waals surface area contributed by atoms with E-state index in [0.29, 0.717) is 6.54 Å². The van der Waals surface area contributed by atoms with E-state index in [4.69, 9.17) is 28.9 Å². The number of halogens is 2. The molecule has 0 fully saturated rings. The molecule has 1 aromatic heterocycles. The Balaban J connectivity index is 2.10. The summed E-state index contributed by atoms with van der Waals surface area (Å²) >= 11 is 13.8. The van der Waals surface area contributed by atoms with Crippen molar-refractivity contribution in [1.82, 2.24) is 0 Å². The number of benzene rings is 1. The largest absolute Gasteiger partial charge is 0.369 e. The molecule has 2 nitrogen and oxygen atoms in total. The van der Waals surface area contributed by atoms with Crippen molar-refractivity contribution in [2.24, 2.45) is 5.73 Å². The van der Waals surface area contributed by atoms with Gasteiger partial charge in [0.1, 0.15) is 0 Å². The molecule has 0 aliphatic heterocycles. The zero-order valence-electron chi connectivity index (χ0n) is 10.7. The second-order valence-electron chi connectivity index (χ2n) is 4.38. The zero-order chi connectivity index (χ0) is 13.8. The molecule has 102 valence electrons. The van der Waals surface area contributed by atoms with E-state index in [2.05, 4.69) is 11.0 Å². The zero-order valence-corrected chi connectivity index (χ0v) is 13.0. The fraction of sp³-hybridized carbons (Fsp3) is 0.286. The molecule has 0 atom stereocenters. The quantitative estimate of drug-likeness (QED) is 0.896. The van der Waals surface area contributed by atoms with Crippen molar-refractivity contribution in [3.05, 3.63) is 50.1 Å². The maximum absolute atomic E-state index is 6.26. The third kappa shape index (κ3) is 3.86. The molecule has 2 rings (SSSR count). The van der Waals surface area contributed by atoms with E-state index in [0.717, 1.165) is 33.6 Å². The lowest BCUT2D eigenvalue weighted by Crippen LogP contribution is -2.15. The summed E-state index contributed by atoms with van der Waals surface area (Å²) in [6, 6.07) is 10.1. The van der Waals surface area contributed by atoms with Crippen LogP contribution in [0.15, 0.2) is 30.3 Å². The van der Waals surface area contributed by atoms with Gasteiger partial charge in [0.15, 0.2) is 0 Å².